The maximum atomic E-state index is 11.9. The molecule has 1 aliphatic heterocycles. The van der Waals surface area contributed by atoms with Gasteiger partial charge < -0.3 is 20.9 Å². The molecule has 4 N–H and O–H groups in total. The lowest BCUT2D eigenvalue weighted by Crippen LogP contribution is -2.51. The van der Waals surface area contributed by atoms with Crippen molar-refractivity contribution in [2.24, 2.45) is 23.3 Å². The summed E-state index contributed by atoms with van der Waals surface area (Å²) < 4.78 is 10.1. The second-order valence-electron chi connectivity index (χ2n) is 6.53. The number of nitrogens with two attached hydrogens (primary N) is 2. The Morgan fingerprint density at radius 1 is 1.21 bits per heavy atom. The van der Waals surface area contributed by atoms with Crippen LogP contribution in [0.5, 0.6) is 0 Å². The fraction of sp³-hybridized carbons (Fsp3) is 0.846. The number of hydrogen-bond acceptors (Lipinski definition) is 6. The van der Waals surface area contributed by atoms with Gasteiger partial charge in [0.15, 0.2) is 0 Å². The first-order chi connectivity index (χ1) is 8.47. The Kier molecular flexibility index (Phi) is 4.39. The van der Waals surface area contributed by atoms with Crippen molar-refractivity contribution in [1.29, 1.82) is 0 Å². The summed E-state index contributed by atoms with van der Waals surface area (Å²) in [6, 6.07) is 0. The number of cyclic esters (lactones) is 2. The van der Waals surface area contributed by atoms with Gasteiger partial charge in [-0.15, -0.1) is 0 Å². The molecule has 0 aromatic heterocycles. The third-order valence-corrected chi connectivity index (χ3v) is 3.32. The summed E-state index contributed by atoms with van der Waals surface area (Å²) in [6.45, 7) is 7.07. The van der Waals surface area contributed by atoms with Gasteiger partial charge in [0.1, 0.15) is 0 Å². The van der Waals surface area contributed by atoms with Crippen molar-refractivity contribution >= 4 is 11.9 Å². The number of ether oxygens (including phenoxy) is 2. The predicted octanol–water partition coefficient (Wildman–Crippen LogP) is 0.182. The fourth-order valence-electron chi connectivity index (χ4n) is 2.52. The molecule has 0 aliphatic carbocycles. The molecule has 110 valence electrons. The van der Waals surface area contributed by atoms with Crippen LogP contribution in [0.4, 0.5) is 0 Å². The topological polar surface area (TPSA) is 105 Å². The number of carbonyl (C=O) groups is 2. The molecule has 0 bridgehead atoms. The van der Waals surface area contributed by atoms with Crippen LogP contribution in [-0.2, 0) is 19.1 Å². The quantitative estimate of drug-likeness (QED) is 0.546. The molecular weight excluding hydrogens is 248 g/mol. The zero-order chi connectivity index (χ0) is 15.0. The van der Waals surface area contributed by atoms with Crippen LogP contribution in [0.1, 0.15) is 34.1 Å². The molecule has 1 heterocycles. The minimum absolute atomic E-state index is 0.434. The second kappa shape index (κ2) is 5.19. The molecule has 6 heteroatoms. The zero-order valence-corrected chi connectivity index (χ0v) is 12.2. The Morgan fingerprint density at radius 3 is 2.11 bits per heavy atom. The van der Waals surface area contributed by atoms with Crippen LogP contribution >= 0.6 is 0 Å². The normalized spacial score (nSPS) is 26.5. The monoisotopic (exact) mass is 272 g/mol. The van der Waals surface area contributed by atoms with Crippen LogP contribution in [0.15, 0.2) is 0 Å². The van der Waals surface area contributed by atoms with E-state index in [2.05, 4.69) is 0 Å². The molecule has 0 radical (unpaired) electrons. The molecule has 0 aromatic rings. The molecule has 3 atom stereocenters. The highest BCUT2D eigenvalue weighted by atomic mass is 16.6. The van der Waals surface area contributed by atoms with Gasteiger partial charge in [-0.25, -0.2) is 0 Å². The van der Waals surface area contributed by atoms with Crippen LogP contribution in [0.25, 0.3) is 0 Å². The number of rotatable bonds is 5. The minimum Gasteiger partial charge on any atom is -0.393 e. The molecule has 0 aromatic carbocycles. The summed E-state index contributed by atoms with van der Waals surface area (Å²) in [6.07, 6.45) is -0.0601. The highest BCUT2D eigenvalue weighted by Gasteiger charge is 2.54. The van der Waals surface area contributed by atoms with Crippen LogP contribution in [-0.4, -0.2) is 36.2 Å². The van der Waals surface area contributed by atoms with Crippen molar-refractivity contribution in [3.8, 4) is 0 Å². The third kappa shape index (κ3) is 3.75. The molecule has 0 spiro atoms. The number of hydrogen-bond donors (Lipinski definition) is 2. The van der Waals surface area contributed by atoms with E-state index in [1.54, 1.807) is 13.8 Å². The van der Waals surface area contributed by atoms with Crippen molar-refractivity contribution < 1.29 is 19.1 Å². The summed E-state index contributed by atoms with van der Waals surface area (Å²) in [7, 11) is 1.49. The second-order valence-corrected chi connectivity index (χ2v) is 6.53. The lowest BCUT2D eigenvalue weighted by Gasteiger charge is -2.33. The van der Waals surface area contributed by atoms with E-state index in [0.29, 0.717) is 6.42 Å². The average Bonchev–Trinajstić information content (AvgIpc) is 2.48. The third-order valence-electron chi connectivity index (χ3n) is 3.32. The van der Waals surface area contributed by atoms with Gasteiger partial charge in [0.25, 0.3) is 0 Å². The van der Waals surface area contributed by atoms with Crippen LogP contribution in [0.3, 0.4) is 0 Å². The maximum Gasteiger partial charge on any atom is 0.320 e. The molecule has 0 saturated carbocycles. The van der Waals surface area contributed by atoms with Gasteiger partial charge in [-0.3, -0.25) is 9.59 Å². The summed E-state index contributed by atoms with van der Waals surface area (Å²) in [4.78, 5) is 23.7. The van der Waals surface area contributed by atoms with E-state index in [-0.39, 0.29) is 0 Å². The van der Waals surface area contributed by atoms with E-state index in [1.165, 1.54) is 7.11 Å². The molecule has 1 aliphatic rings. The number of esters is 2. The lowest BCUT2D eigenvalue weighted by atomic mass is 9.75. The largest absolute Gasteiger partial charge is 0.393 e. The van der Waals surface area contributed by atoms with Crippen LogP contribution < -0.4 is 11.5 Å². The van der Waals surface area contributed by atoms with Crippen molar-refractivity contribution in [2.75, 3.05) is 7.11 Å². The summed E-state index contributed by atoms with van der Waals surface area (Å²) in [5, 5.41) is 0. The maximum absolute atomic E-state index is 11.9. The van der Waals surface area contributed by atoms with Gasteiger partial charge in [-0.2, -0.15) is 0 Å². The molecule has 3 unspecified atom stereocenters. The van der Waals surface area contributed by atoms with Gasteiger partial charge >= 0.3 is 11.9 Å². The fourth-order valence-corrected chi connectivity index (χ4v) is 2.52. The predicted molar refractivity (Wildman–Crippen MR) is 70.0 cm³/mol. The van der Waals surface area contributed by atoms with Gasteiger partial charge in [-0.1, -0.05) is 0 Å². The smallest absolute Gasteiger partial charge is 0.320 e. The highest BCUT2D eigenvalue weighted by molar-refractivity contribution is 5.97. The molecule has 1 rings (SSSR count). The van der Waals surface area contributed by atoms with E-state index in [0.717, 1.165) is 0 Å². The van der Waals surface area contributed by atoms with Gasteiger partial charge in [0.05, 0.1) is 17.9 Å². The van der Waals surface area contributed by atoms with Gasteiger partial charge in [0, 0.05) is 18.2 Å². The van der Waals surface area contributed by atoms with E-state index >= 15 is 0 Å². The SMILES string of the molecule is COC(CC(C)(C)N)C1C(=O)OC(=O)C1C(C)(C)N. The van der Waals surface area contributed by atoms with Crippen LogP contribution in [0.2, 0.25) is 0 Å². The van der Waals surface area contributed by atoms with E-state index in [9.17, 15) is 9.59 Å². The van der Waals surface area contributed by atoms with Gasteiger partial charge in [0.2, 0.25) is 0 Å². The first-order valence-corrected chi connectivity index (χ1v) is 6.33. The Morgan fingerprint density at radius 2 is 1.74 bits per heavy atom. The minimum atomic E-state index is -0.858. The standard InChI is InChI=1S/C13H24N2O4/c1-12(2,14)6-7(18-5)8-9(13(3,4)15)11(17)19-10(8)16/h7-9H,6,14-15H2,1-5H3. The van der Waals surface area contributed by atoms with E-state index < -0.39 is 41.0 Å². The molecule has 1 fully saturated rings. The van der Waals surface area contributed by atoms with Crippen LogP contribution in [0, 0.1) is 11.8 Å². The molecule has 6 nitrogen and oxygen atoms in total. The summed E-state index contributed by atoms with van der Waals surface area (Å²) >= 11 is 0. The first-order valence-electron chi connectivity index (χ1n) is 6.33. The Bertz CT molecular complexity index is 368. The Balaban J connectivity index is 3.05. The number of methoxy groups -OCH3 is 1. The zero-order valence-electron chi connectivity index (χ0n) is 12.2. The Labute approximate surface area is 113 Å². The lowest BCUT2D eigenvalue weighted by molar-refractivity contribution is -0.154. The molecule has 0 amide bonds. The van der Waals surface area contributed by atoms with Crippen molar-refractivity contribution in [3.63, 3.8) is 0 Å². The first kappa shape index (κ1) is 16.1. The van der Waals surface area contributed by atoms with Crippen molar-refractivity contribution in [3.05, 3.63) is 0 Å². The van der Waals surface area contributed by atoms with Gasteiger partial charge in [-0.05, 0) is 34.1 Å². The van der Waals surface area contributed by atoms with E-state index in [1.807, 2.05) is 13.8 Å². The molecular formula is C13H24N2O4. The molecule has 1 saturated heterocycles. The van der Waals surface area contributed by atoms with Crippen molar-refractivity contribution in [2.45, 2.75) is 51.3 Å². The summed E-state index contributed by atoms with van der Waals surface area (Å²) in [5.41, 5.74) is 10.6. The van der Waals surface area contributed by atoms with E-state index in [4.69, 9.17) is 20.9 Å². The Hall–Kier alpha value is -0.980. The average molecular weight is 272 g/mol. The number of carbonyl (C=O) groups excluding carboxylic acids is 2. The van der Waals surface area contributed by atoms with Crippen molar-refractivity contribution in [1.82, 2.24) is 0 Å². The summed E-state index contributed by atoms with van der Waals surface area (Å²) in [5.74, 6) is -2.59. The highest BCUT2D eigenvalue weighted by Crippen LogP contribution is 2.36. The molecule has 19 heavy (non-hydrogen) atoms.